The van der Waals surface area contributed by atoms with Crippen molar-refractivity contribution in [3.63, 3.8) is 0 Å². The Morgan fingerprint density at radius 2 is 2.25 bits per heavy atom. The number of phenolic OH excluding ortho intramolecular Hbond substituents is 1. The lowest BCUT2D eigenvalue weighted by atomic mass is 10.1. The maximum atomic E-state index is 11.3. The second-order valence-electron chi connectivity index (χ2n) is 3.16. The van der Waals surface area contributed by atoms with Gasteiger partial charge >= 0.3 is 5.97 Å². The van der Waals surface area contributed by atoms with Gasteiger partial charge in [-0.1, -0.05) is 6.07 Å². The zero-order chi connectivity index (χ0) is 12.1. The number of methoxy groups -OCH3 is 1. The number of esters is 1. The number of rotatable bonds is 4. The topological polar surface area (TPSA) is 81.8 Å². The summed E-state index contributed by atoms with van der Waals surface area (Å²) < 4.78 is 9.66. The van der Waals surface area contributed by atoms with Gasteiger partial charge in [-0.3, -0.25) is 0 Å². The van der Waals surface area contributed by atoms with Crippen LogP contribution in [0.5, 0.6) is 11.5 Å². The number of nitrogens with two attached hydrogens (primary N) is 1. The zero-order valence-corrected chi connectivity index (χ0v) is 9.27. The van der Waals surface area contributed by atoms with Crippen molar-refractivity contribution >= 4 is 5.97 Å². The van der Waals surface area contributed by atoms with Gasteiger partial charge in [-0.2, -0.15) is 0 Å². The molecule has 1 rings (SSSR count). The average molecular weight is 225 g/mol. The van der Waals surface area contributed by atoms with Crippen LogP contribution in [-0.2, 0) is 9.53 Å². The van der Waals surface area contributed by atoms with E-state index in [9.17, 15) is 9.90 Å². The molecule has 16 heavy (non-hydrogen) atoms. The van der Waals surface area contributed by atoms with Crippen LogP contribution in [0.2, 0.25) is 0 Å². The molecule has 0 radical (unpaired) electrons. The van der Waals surface area contributed by atoms with Crippen LogP contribution in [0.4, 0.5) is 0 Å². The van der Waals surface area contributed by atoms with E-state index in [-0.39, 0.29) is 12.4 Å². The molecule has 0 aliphatic heterocycles. The molecule has 0 unspecified atom stereocenters. The molecule has 0 fully saturated rings. The van der Waals surface area contributed by atoms with Gasteiger partial charge in [0.25, 0.3) is 0 Å². The monoisotopic (exact) mass is 225 g/mol. The molecular weight excluding hydrogens is 210 g/mol. The summed E-state index contributed by atoms with van der Waals surface area (Å²) in [4.78, 5) is 11.3. The molecule has 0 heterocycles. The molecule has 0 amide bonds. The summed E-state index contributed by atoms with van der Waals surface area (Å²) in [5.41, 5.74) is 6.14. The van der Waals surface area contributed by atoms with Crippen molar-refractivity contribution in [2.24, 2.45) is 5.73 Å². The number of benzene rings is 1. The average Bonchev–Trinajstić information content (AvgIpc) is 2.28. The van der Waals surface area contributed by atoms with E-state index in [1.807, 2.05) is 0 Å². The highest BCUT2D eigenvalue weighted by Gasteiger charge is 2.18. The number of aromatic hydroxyl groups is 1. The van der Waals surface area contributed by atoms with Crippen molar-refractivity contribution in [1.82, 2.24) is 0 Å². The highest BCUT2D eigenvalue weighted by Crippen LogP contribution is 2.28. The summed E-state index contributed by atoms with van der Waals surface area (Å²) in [6, 6.07) is 3.65. The fourth-order valence-corrected chi connectivity index (χ4v) is 1.27. The van der Waals surface area contributed by atoms with Crippen LogP contribution < -0.4 is 10.5 Å². The summed E-state index contributed by atoms with van der Waals surface area (Å²) in [6.07, 6.45) is 0. The minimum Gasteiger partial charge on any atom is -0.504 e. The maximum absolute atomic E-state index is 11.3. The molecule has 0 spiro atoms. The number of ether oxygens (including phenoxy) is 2. The van der Waals surface area contributed by atoms with Crippen molar-refractivity contribution in [3.8, 4) is 11.5 Å². The lowest BCUT2D eigenvalue weighted by molar-refractivity contribution is -0.144. The van der Waals surface area contributed by atoms with E-state index in [0.29, 0.717) is 11.3 Å². The molecule has 0 saturated carbocycles. The highest BCUT2D eigenvalue weighted by molar-refractivity contribution is 5.77. The second-order valence-corrected chi connectivity index (χ2v) is 3.16. The molecular formula is C11H15NO4. The summed E-state index contributed by atoms with van der Waals surface area (Å²) >= 11 is 0. The van der Waals surface area contributed by atoms with E-state index in [2.05, 4.69) is 0 Å². The van der Waals surface area contributed by atoms with Crippen molar-refractivity contribution < 1.29 is 19.4 Å². The number of phenols is 1. The Morgan fingerprint density at radius 3 is 2.75 bits per heavy atom. The van der Waals surface area contributed by atoms with Gasteiger partial charge in [0.1, 0.15) is 6.04 Å². The lowest BCUT2D eigenvalue weighted by Crippen LogP contribution is -2.23. The van der Waals surface area contributed by atoms with E-state index >= 15 is 0 Å². The Balaban J connectivity index is 2.88. The second kappa shape index (κ2) is 5.37. The molecule has 0 aliphatic rings. The molecule has 1 aromatic rings. The summed E-state index contributed by atoms with van der Waals surface area (Å²) in [6.45, 7) is 1.98. The van der Waals surface area contributed by atoms with Gasteiger partial charge in [0.15, 0.2) is 11.5 Å². The first-order valence-corrected chi connectivity index (χ1v) is 4.89. The van der Waals surface area contributed by atoms with Gasteiger partial charge in [0.2, 0.25) is 0 Å². The lowest BCUT2D eigenvalue weighted by Gasteiger charge is -2.12. The van der Waals surface area contributed by atoms with Crippen LogP contribution in [-0.4, -0.2) is 24.8 Å². The minimum absolute atomic E-state index is 0.0558. The molecule has 88 valence electrons. The quantitative estimate of drug-likeness (QED) is 0.746. The Morgan fingerprint density at radius 1 is 1.56 bits per heavy atom. The molecule has 1 aromatic carbocycles. The van der Waals surface area contributed by atoms with Gasteiger partial charge in [0.05, 0.1) is 13.7 Å². The van der Waals surface area contributed by atoms with E-state index < -0.39 is 12.0 Å². The van der Waals surface area contributed by atoms with E-state index in [1.165, 1.54) is 13.2 Å². The zero-order valence-electron chi connectivity index (χ0n) is 9.27. The van der Waals surface area contributed by atoms with Crippen LogP contribution in [0.1, 0.15) is 18.5 Å². The van der Waals surface area contributed by atoms with Crippen LogP contribution >= 0.6 is 0 Å². The fraction of sp³-hybridized carbons (Fsp3) is 0.364. The molecule has 0 aromatic heterocycles. The van der Waals surface area contributed by atoms with Gasteiger partial charge in [0, 0.05) is 0 Å². The van der Waals surface area contributed by atoms with Crippen molar-refractivity contribution in [2.75, 3.05) is 13.7 Å². The predicted octanol–water partition coefficient (Wildman–Crippen LogP) is 0.964. The molecule has 0 bridgehead atoms. The number of hydrogen-bond donors (Lipinski definition) is 2. The minimum atomic E-state index is -0.892. The van der Waals surface area contributed by atoms with Crippen LogP contribution in [0.25, 0.3) is 0 Å². The van der Waals surface area contributed by atoms with Crippen LogP contribution in [0.3, 0.4) is 0 Å². The van der Waals surface area contributed by atoms with E-state index in [1.54, 1.807) is 19.1 Å². The number of carbonyl (C=O) groups is 1. The standard InChI is InChI=1S/C11H15NO4/c1-3-16-11(14)10(12)7-4-5-9(15-2)8(13)6-7/h4-6,10,13H,3,12H2,1-2H3/t10-/m1/s1. The Bertz CT molecular complexity index is 378. The molecule has 5 heteroatoms. The predicted molar refractivity (Wildman–Crippen MR) is 58.2 cm³/mol. The number of carbonyl (C=O) groups excluding carboxylic acids is 1. The third-order valence-corrected chi connectivity index (χ3v) is 2.10. The van der Waals surface area contributed by atoms with E-state index in [0.717, 1.165) is 0 Å². The van der Waals surface area contributed by atoms with Crippen molar-refractivity contribution in [3.05, 3.63) is 23.8 Å². The fourth-order valence-electron chi connectivity index (χ4n) is 1.27. The smallest absolute Gasteiger partial charge is 0.327 e. The molecule has 3 N–H and O–H groups in total. The molecule has 1 atom stereocenters. The molecule has 0 aliphatic carbocycles. The first-order chi connectivity index (χ1) is 7.60. The Kier molecular flexibility index (Phi) is 4.13. The summed E-state index contributed by atoms with van der Waals surface area (Å²) in [5.74, 6) is -0.244. The van der Waals surface area contributed by atoms with Gasteiger partial charge in [-0.25, -0.2) is 4.79 Å². The normalized spacial score (nSPS) is 11.9. The Hall–Kier alpha value is -1.75. The highest BCUT2D eigenvalue weighted by atomic mass is 16.5. The van der Waals surface area contributed by atoms with Gasteiger partial charge in [-0.05, 0) is 24.6 Å². The SMILES string of the molecule is CCOC(=O)[C@H](N)c1ccc(OC)c(O)c1. The largest absolute Gasteiger partial charge is 0.504 e. The number of hydrogen-bond acceptors (Lipinski definition) is 5. The van der Waals surface area contributed by atoms with E-state index in [4.69, 9.17) is 15.2 Å². The maximum Gasteiger partial charge on any atom is 0.327 e. The summed E-state index contributed by atoms with van der Waals surface area (Å²) in [5, 5.41) is 9.52. The van der Waals surface area contributed by atoms with Crippen LogP contribution in [0, 0.1) is 0 Å². The molecule has 5 nitrogen and oxygen atoms in total. The van der Waals surface area contributed by atoms with Gasteiger partial charge in [-0.15, -0.1) is 0 Å². The first-order valence-electron chi connectivity index (χ1n) is 4.89. The third-order valence-electron chi connectivity index (χ3n) is 2.10. The van der Waals surface area contributed by atoms with Crippen molar-refractivity contribution in [2.45, 2.75) is 13.0 Å². The first kappa shape index (κ1) is 12.3. The third kappa shape index (κ3) is 2.64. The Labute approximate surface area is 93.8 Å². The van der Waals surface area contributed by atoms with Crippen LogP contribution in [0.15, 0.2) is 18.2 Å². The summed E-state index contributed by atoms with van der Waals surface area (Å²) in [7, 11) is 1.44. The van der Waals surface area contributed by atoms with Gasteiger partial charge < -0.3 is 20.3 Å². The molecule has 0 saturated heterocycles. The van der Waals surface area contributed by atoms with Crippen molar-refractivity contribution in [1.29, 1.82) is 0 Å².